The molecular weight excluding hydrogens is 140 g/mol. The zero-order chi connectivity index (χ0) is 8.32. The fourth-order valence-corrected chi connectivity index (χ4v) is 0.863. The van der Waals surface area contributed by atoms with Crippen molar-refractivity contribution in [1.29, 1.82) is 0 Å². The fourth-order valence-electron chi connectivity index (χ4n) is 0.863. The Kier molecular flexibility index (Phi) is 2.24. The van der Waals surface area contributed by atoms with Crippen LogP contribution in [-0.2, 0) is 6.54 Å². The predicted octanol–water partition coefficient (Wildman–Crippen LogP) is 0.263. The van der Waals surface area contributed by atoms with Crippen LogP contribution in [0.15, 0.2) is 12.7 Å². The molecule has 0 atom stereocenters. The zero-order valence-electron chi connectivity index (χ0n) is 6.99. The number of nitrogens with zero attached hydrogens (tertiary/aromatic N) is 3. The van der Waals surface area contributed by atoms with E-state index >= 15 is 0 Å². The van der Waals surface area contributed by atoms with Crippen molar-refractivity contribution in [2.75, 3.05) is 6.54 Å². The highest BCUT2D eigenvalue weighted by molar-refractivity contribution is 4.72. The predicted molar refractivity (Wildman–Crippen MR) is 42.9 cm³/mol. The molecule has 0 aliphatic carbocycles. The molecule has 0 bridgehead atoms. The van der Waals surface area contributed by atoms with Gasteiger partial charge in [-0.15, -0.1) is 10.2 Å². The first-order chi connectivity index (χ1) is 5.14. The number of nitrogens with two attached hydrogens (primary N) is 1. The van der Waals surface area contributed by atoms with E-state index in [0.29, 0.717) is 6.54 Å². The number of rotatable bonds is 3. The van der Waals surface area contributed by atoms with Crippen LogP contribution in [0, 0.1) is 5.41 Å². The molecule has 0 aromatic carbocycles. The van der Waals surface area contributed by atoms with Gasteiger partial charge in [0.25, 0.3) is 0 Å². The fraction of sp³-hybridized carbons (Fsp3) is 0.714. The van der Waals surface area contributed by atoms with Gasteiger partial charge in [-0.05, 0) is 12.0 Å². The van der Waals surface area contributed by atoms with Crippen molar-refractivity contribution >= 4 is 0 Å². The van der Waals surface area contributed by atoms with Crippen LogP contribution >= 0.6 is 0 Å². The minimum Gasteiger partial charge on any atom is -0.330 e. The molecule has 0 saturated carbocycles. The van der Waals surface area contributed by atoms with Crippen LogP contribution in [0.1, 0.15) is 13.8 Å². The van der Waals surface area contributed by atoms with Gasteiger partial charge in [0, 0.05) is 6.54 Å². The van der Waals surface area contributed by atoms with Crippen LogP contribution in [0.25, 0.3) is 0 Å². The van der Waals surface area contributed by atoms with E-state index in [1.54, 1.807) is 12.7 Å². The zero-order valence-corrected chi connectivity index (χ0v) is 6.99. The lowest BCUT2D eigenvalue weighted by Gasteiger charge is -2.21. The second-order valence-corrected chi connectivity index (χ2v) is 3.50. The van der Waals surface area contributed by atoms with Crippen molar-refractivity contribution in [3.63, 3.8) is 0 Å². The lowest BCUT2D eigenvalue weighted by molar-refractivity contribution is 0.317. The van der Waals surface area contributed by atoms with Gasteiger partial charge in [-0.3, -0.25) is 0 Å². The highest BCUT2D eigenvalue weighted by Crippen LogP contribution is 2.14. The minimum absolute atomic E-state index is 0.127. The van der Waals surface area contributed by atoms with E-state index in [1.165, 1.54) is 0 Å². The van der Waals surface area contributed by atoms with Crippen molar-refractivity contribution in [3.8, 4) is 0 Å². The quantitative estimate of drug-likeness (QED) is 0.679. The highest BCUT2D eigenvalue weighted by atomic mass is 15.2. The van der Waals surface area contributed by atoms with Crippen LogP contribution in [0.2, 0.25) is 0 Å². The van der Waals surface area contributed by atoms with E-state index in [4.69, 9.17) is 5.73 Å². The molecule has 0 saturated heterocycles. The third kappa shape index (κ3) is 2.31. The summed E-state index contributed by atoms with van der Waals surface area (Å²) in [5.74, 6) is 0. The first-order valence-corrected chi connectivity index (χ1v) is 3.66. The third-order valence-corrected chi connectivity index (χ3v) is 1.63. The van der Waals surface area contributed by atoms with E-state index in [1.807, 2.05) is 4.57 Å². The largest absolute Gasteiger partial charge is 0.330 e. The molecule has 62 valence electrons. The van der Waals surface area contributed by atoms with Crippen molar-refractivity contribution in [2.45, 2.75) is 20.4 Å². The highest BCUT2D eigenvalue weighted by Gasteiger charge is 2.15. The maximum absolute atomic E-state index is 5.57. The number of aromatic nitrogens is 3. The van der Waals surface area contributed by atoms with Crippen molar-refractivity contribution < 1.29 is 0 Å². The van der Waals surface area contributed by atoms with E-state index in [0.717, 1.165) is 6.54 Å². The molecule has 11 heavy (non-hydrogen) atoms. The summed E-state index contributed by atoms with van der Waals surface area (Å²) in [5.41, 5.74) is 5.70. The molecule has 0 amide bonds. The molecule has 0 aliphatic rings. The van der Waals surface area contributed by atoms with Gasteiger partial charge < -0.3 is 10.3 Å². The van der Waals surface area contributed by atoms with E-state index < -0.39 is 0 Å². The molecule has 1 aromatic heterocycles. The van der Waals surface area contributed by atoms with Gasteiger partial charge in [0.2, 0.25) is 0 Å². The second-order valence-electron chi connectivity index (χ2n) is 3.50. The van der Waals surface area contributed by atoms with Crippen LogP contribution < -0.4 is 5.73 Å². The topological polar surface area (TPSA) is 56.7 Å². The Morgan fingerprint density at radius 3 is 2.36 bits per heavy atom. The maximum Gasteiger partial charge on any atom is 0.119 e. The Hall–Kier alpha value is -0.900. The summed E-state index contributed by atoms with van der Waals surface area (Å²) < 4.78 is 1.94. The molecule has 0 fully saturated rings. The number of hydrogen-bond donors (Lipinski definition) is 1. The minimum atomic E-state index is 0.127. The van der Waals surface area contributed by atoms with Crippen molar-refractivity contribution in [1.82, 2.24) is 14.8 Å². The molecule has 2 N–H and O–H groups in total. The van der Waals surface area contributed by atoms with Crippen LogP contribution in [0.5, 0.6) is 0 Å². The summed E-state index contributed by atoms with van der Waals surface area (Å²) in [5, 5.41) is 7.43. The molecular formula is C7H14N4. The van der Waals surface area contributed by atoms with Gasteiger partial charge in [0.05, 0.1) is 0 Å². The molecule has 1 aromatic rings. The van der Waals surface area contributed by atoms with Gasteiger partial charge in [0.1, 0.15) is 12.7 Å². The van der Waals surface area contributed by atoms with Crippen LogP contribution in [-0.4, -0.2) is 21.3 Å². The molecule has 1 heterocycles. The van der Waals surface area contributed by atoms with Gasteiger partial charge >= 0.3 is 0 Å². The monoisotopic (exact) mass is 154 g/mol. The Morgan fingerprint density at radius 2 is 1.91 bits per heavy atom. The van der Waals surface area contributed by atoms with Crippen molar-refractivity contribution in [3.05, 3.63) is 12.7 Å². The standard InChI is InChI=1S/C7H14N4/c1-7(2,3-8)4-11-5-9-10-6-11/h5-6H,3-4,8H2,1-2H3. The molecule has 0 unspecified atom stereocenters. The summed E-state index contributed by atoms with van der Waals surface area (Å²) in [7, 11) is 0. The van der Waals surface area contributed by atoms with E-state index in [2.05, 4.69) is 24.0 Å². The summed E-state index contributed by atoms with van der Waals surface area (Å²) >= 11 is 0. The van der Waals surface area contributed by atoms with Gasteiger partial charge in [-0.1, -0.05) is 13.8 Å². The van der Waals surface area contributed by atoms with Crippen LogP contribution in [0.4, 0.5) is 0 Å². The maximum atomic E-state index is 5.57. The molecule has 4 heteroatoms. The average molecular weight is 154 g/mol. The normalized spacial score (nSPS) is 11.9. The summed E-state index contributed by atoms with van der Waals surface area (Å²) in [4.78, 5) is 0. The molecule has 0 aliphatic heterocycles. The second kappa shape index (κ2) is 3.00. The average Bonchev–Trinajstić information content (AvgIpc) is 2.39. The lowest BCUT2D eigenvalue weighted by atomic mass is 9.94. The van der Waals surface area contributed by atoms with Gasteiger partial charge in [-0.25, -0.2) is 0 Å². The summed E-state index contributed by atoms with van der Waals surface area (Å²) in [6, 6.07) is 0. The summed E-state index contributed by atoms with van der Waals surface area (Å²) in [6.07, 6.45) is 3.41. The van der Waals surface area contributed by atoms with Crippen molar-refractivity contribution in [2.24, 2.45) is 11.1 Å². The first kappa shape index (κ1) is 8.20. The molecule has 4 nitrogen and oxygen atoms in total. The smallest absolute Gasteiger partial charge is 0.119 e. The SMILES string of the molecule is CC(C)(CN)Cn1cnnc1. The molecule has 1 rings (SSSR count). The van der Waals surface area contributed by atoms with E-state index in [9.17, 15) is 0 Å². The Labute approximate surface area is 66.4 Å². The Balaban J connectivity index is 2.56. The van der Waals surface area contributed by atoms with Gasteiger partial charge in [0.15, 0.2) is 0 Å². The molecule has 0 spiro atoms. The van der Waals surface area contributed by atoms with E-state index in [-0.39, 0.29) is 5.41 Å². The first-order valence-electron chi connectivity index (χ1n) is 3.66. The summed E-state index contributed by atoms with van der Waals surface area (Å²) in [6.45, 7) is 5.78. The Bertz CT molecular complexity index is 202. The Morgan fingerprint density at radius 1 is 1.36 bits per heavy atom. The third-order valence-electron chi connectivity index (χ3n) is 1.63. The molecule has 0 radical (unpaired) electrons. The number of hydrogen-bond acceptors (Lipinski definition) is 3. The van der Waals surface area contributed by atoms with Gasteiger partial charge in [-0.2, -0.15) is 0 Å². The van der Waals surface area contributed by atoms with Crippen LogP contribution in [0.3, 0.4) is 0 Å². The lowest BCUT2D eigenvalue weighted by Crippen LogP contribution is -2.28.